The van der Waals surface area contributed by atoms with Gasteiger partial charge >= 0.3 is 0 Å². The number of benzene rings is 2. The van der Waals surface area contributed by atoms with E-state index < -0.39 is 10.0 Å². The predicted octanol–water partition coefficient (Wildman–Crippen LogP) is 4.88. The van der Waals surface area contributed by atoms with Gasteiger partial charge in [-0.3, -0.25) is 19.8 Å². The smallest absolute Gasteiger partial charge is 0.261 e. The molecular weight excluding hydrogens is 444 g/mol. The number of para-hydroxylation sites is 1. The Labute approximate surface area is 190 Å². The Morgan fingerprint density at radius 2 is 1.66 bits per heavy atom. The number of pyridine rings is 1. The minimum absolute atomic E-state index is 0.0693. The van der Waals surface area contributed by atoms with Crippen molar-refractivity contribution < 1.29 is 13.2 Å². The average Bonchev–Trinajstić information content (AvgIpc) is 3.16. The SMILES string of the molecule is Cc1ccccc1NS(=O)(=O)c1ccc(C(=O)Nc2nc(C)c(-c3ccccn3)s2)cc1. The summed E-state index contributed by atoms with van der Waals surface area (Å²) in [6.07, 6.45) is 1.70. The number of amides is 1. The van der Waals surface area contributed by atoms with Crippen molar-refractivity contribution >= 4 is 38.1 Å². The summed E-state index contributed by atoms with van der Waals surface area (Å²) < 4.78 is 27.9. The van der Waals surface area contributed by atoms with Gasteiger partial charge in [0, 0.05) is 11.8 Å². The van der Waals surface area contributed by atoms with E-state index in [1.165, 1.54) is 35.6 Å². The minimum atomic E-state index is -3.77. The molecule has 0 fully saturated rings. The van der Waals surface area contributed by atoms with Crippen LogP contribution in [0.2, 0.25) is 0 Å². The fourth-order valence-electron chi connectivity index (χ4n) is 3.03. The highest BCUT2D eigenvalue weighted by atomic mass is 32.2. The van der Waals surface area contributed by atoms with Gasteiger partial charge in [-0.25, -0.2) is 13.4 Å². The van der Waals surface area contributed by atoms with Gasteiger partial charge in [0.05, 0.1) is 26.8 Å². The number of hydrogen-bond acceptors (Lipinski definition) is 6. The second-order valence-electron chi connectivity index (χ2n) is 7.05. The third-order valence-electron chi connectivity index (χ3n) is 4.73. The molecule has 0 aliphatic heterocycles. The third-order valence-corrected chi connectivity index (χ3v) is 7.21. The Morgan fingerprint density at radius 3 is 2.34 bits per heavy atom. The van der Waals surface area contributed by atoms with E-state index in [0.717, 1.165) is 21.8 Å². The molecule has 0 atom stereocenters. The number of sulfonamides is 1. The lowest BCUT2D eigenvalue weighted by Gasteiger charge is -2.10. The molecular formula is C23H20N4O3S2. The summed E-state index contributed by atoms with van der Waals surface area (Å²) in [5.41, 5.74) is 3.21. The maximum Gasteiger partial charge on any atom is 0.261 e. The zero-order valence-electron chi connectivity index (χ0n) is 17.4. The fourth-order valence-corrected chi connectivity index (χ4v) is 5.10. The predicted molar refractivity (Wildman–Crippen MR) is 126 cm³/mol. The van der Waals surface area contributed by atoms with E-state index in [0.29, 0.717) is 16.4 Å². The maximum atomic E-state index is 12.7. The molecule has 4 aromatic rings. The highest BCUT2D eigenvalue weighted by Gasteiger charge is 2.17. The lowest BCUT2D eigenvalue weighted by atomic mass is 10.2. The van der Waals surface area contributed by atoms with E-state index in [1.807, 2.05) is 44.2 Å². The number of hydrogen-bond donors (Lipinski definition) is 2. The lowest BCUT2D eigenvalue weighted by Crippen LogP contribution is -2.15. The zero-order chi connectivity index (χ0) is 22.7. The molecule has 32 heavy (non-hydrogen) atoms. The molecule has 0 radical (unpaired) electrons. The van der Waals surface area contributed by atoms with Crippen LogP contribution in [0.3, 0.4) is 0 Å². The van der Waals surface area contributed by atoms with Crippen LogP contribution in [0.5, 0.6) is 0 Å². The van der Waals surface area contributed by atoms with Gasteiger partial charge < -0.3 is 0 Å². The van der Waals surface area contributed by atoms with Gasteiger partial charge in [-0.2, -0.15) is 0 Å². The first-order chi connectivity index (χ1) is 15.3. The molecule has 0 spiro atoms. The molecule has 2 N–H and O–H groups in total. The zero-order valence-corrected chi connectivity index (χ0v) is 19.0. The summed E-state index contributed by atoms with van der Waals surface area (Å²) in [5, 5.41) is 3.22. The number of nitrogens with one attached hydrogen (secondary N) is 2. The van der Waals surface area contributed by atoms with Gasteiger partial charge in [0.1, 0.15) is 0 Å². The van der Waals surface area contributed by atoms with Crippen LogP contribution in [0.15, 0.2) is 77.8 Å². The standard InChI is InChI=1S/C23H20N4O3S2/c1-15-7-3-4-8-19(15)27-32(29,30)18-12-10-17(11-13-18)22(28)26-23-25-16(2)21(31-23)20-9-5-6-14-24-20/h3-14,27H,1-2H3,(H,25,26,28). The molecule has 2 heterocycles. The second-order valence-corrected chi connectivity index (χ2v) is 9.73. The van der Waals surface area contributed by atoms with Crippen molar-refractivity contribution in [3.63, 3.8) is 0 Å². The second kappa shape index (κ2) is 8.89. The molecule has 0 saturated heterocycles. The Bertz CT molecular complexity index is 1370. The van der Waals surface area contributed by atoms with Crippen LogP contribution in [0.4, 0.5) is 10.8 Å². The van der Waals surface area contributed by atoms with Crippen LogP contribution in [0, 0.1) is 13.8 Å². The molecule has 162 valence electrons. The number of carbonyl (C=O) groups is 1. The van der Waals surface area contributed by atoms with Gasteiger partial charge in [-0.1, -0.05) is 35.6 Å². The summed E-state index contributed by atoms with van der Waals surface area (Å²) in [6.45, 7) is 3.68. The monoisotopic (exact) mass is 464 g/mol. The quantitative estimate of drug-likeness (QED) is 0.424. The highest BCUT2D eigenvalue weighted by Crippen LogP contribution is 2.31. The summed E-state index contributed by atoms with van der Waals surface area (Å²) in [5.74, 6) is -0.373. The van der Waals surface area contributed by atoms with E-state index in [1.54, 1.807) is 18.3 Å². The molecule has 0 unspecified atom stereocenters. The van der Waals surface area contributed by atoms with E-state index in [-0.39, 0.29) is 10.8 Å². The first kappa shape index (κ1) is 21.7. The Morgan fingerprint density at radius 1 is 0.938 bits per heavy atom. The molecule has 0 aliphatic rings. The molecule has 0 aliphatic carbocycles. The van der Waals surface area contributed by atoms with Crippen molar-refractivity contribution in [2.45, 2.75) is 18.7 Å². The van der Waals surface area contributed by atoms with Crippen LogP contribution < -0.4 is 10.0 Å². The molecule has 2 aromatic heterocycles. The molecule has 7 nitrogen and oxygen atoms in total. The van der Waals surface area contributed by atoms with Crippen molar-refractivity contribution in [1.29, 1.82) is 0 Å². The van der Waals surface area contributed by atoms with Gasteiger partial charge in [-0.05, 0) is 61.9 Å². The summed E-state index contributed by atoms with van der Waals surface area (Å²) >= 11 is 1.33. The van der Waals surface area contributed by atoms with E-state index >= 15 is 0 Å². The molecule has 9 heteroatoms. The van der Waals surface area contributed by atoms with E-state index in [4.69, 9.17) is 0 Å². The van der Waals surface area contributed by atoms with Crippen molar-refractivity contribution in [1.82, 2.24) is 9.97 Å². The molecule has 1 amide bonds. The van der Waals surface area contributed by atoms with Gasteiger partial charge in [0.25, 0.3) is 15.9 Å². The topological polar surface area (TPSA) is 101 Å². The highest BCUT2D eigenvalue weighted by molar-refractivity contribution is 7.92. The van der Waals surface area contributed by atoms with Gasteiger partial charge in [0.2, 0.25) is 0 Å². The number of aryl methyl sites for hydroxylation is 2. The Balaban J connectivity index is 1.49. The summed E-state index contributed by atoms with van der Waals surface area (Å²) in [7, 11) is -3.77. The van der Waals surface area contributed by atoms with Crippen LogP contribution in [-0.4, -0.2) is 24.3 Å². The normalized spacial score (nSPS) is 11.2. The van der Waals surface area contributed by atoms with Crippen LogP contribution in [-0.2, 0) is 10.0 Å². The van der Waals surface area contributed by atoms with Crippen molar-refractivity contribution in [3.05, 3.63) is 89.7 Å². The van der Waals surface area contributed by atoms with Crippen molar-refractivity contribution in [2.75, 3.05) is 10.0 Å². The van der Waals surface area contributed by atoms with E-state index in [9.17, 15) is 13.2 Å². The minimum Gasteiger partial charge on any atom is -0.298 e. The molecule has 0 bridgehead atoms. The summed E-state index contributed by atoms with van der Waals surface area (Å²) in [6, 6.07) is 18.5. The number of aromatic nitrogens is 2. The first-order valence-corrected chi connectivity index (χ1v) is 12.0. The van der Waals surface area contributed by atoms with Gasteiger partial charge in [-0.15, -0.1) is 0 Å². The van der Waals surface area contributed by atoms with E-state index in [2.05, 4.69) is 20.0 Å². The molecule has 2 aromatic carbocycles. The number of nitrogens with zero attached hydrogens (tertiary/aromatic N) is 2. The van der Waals surface area contributed by atoms with Crippen LogP contribution in [0.25, 0.3) is 10.6 Å². The maximum absolute atomic E-state index is 12.7. The van der Waals surface area contributed by atoms with Crippen molar-refractivity contribution in [3.8, 4) is 10.6 Å². The van der Waals surface area contributed by atoms with Crippen molar-refractivity contribution in [2.24, 2.45) is 0 Å². The largest absolute Gasteiger partial charge is 0.298 e. The molecule has 0 saturated carbocycles. The average molecular weight is 465 g/mol. The van der Waals surface area contributed by atoms with Crippen LogP contribution in [0.1, 0.15) is 21.6 Å². The fraction of sp³-hybridized carbons (Fsp3) is 0.0870. The van der Waals surface area contributed by atoms with Gasteiger partial charge in [0.15, 0.2) is 5.13 Å². The number of carbonyl (C=O) groups excluding carboxylic acids is 1. The third kappa shape index (κ3) is 4.68. The molecule has 4 rings (SSSR count). The lowest BCUT2D eigenvalue weighted by molar-refractivity contribution is 0.102. The number of thiazole rings is 1. The summed E-state index contributed by atoms with van der Waals surface area (Å²) in [4.78, 5) is 22.3. The number of anilines is 2. The van der Waals surface area contributed by atoms with Crippen LogP contribution >= 0.6 is 11.3 Å². The Hall–Kier alpha value is -3.56. The first-order valence-electron chi connectivity index (χ1n) is 9.72. The Kier molecular flexibility index (Phi) is 6.02. The number of rotatable bonds is 6.